The number of rotatable bonds is 5. The smallest absolute Gasteiger partial charge is 0.266 e. The van der Waals surface area contributed by atoms with Gasteiger partial charge in [0, 0.05) is 36.9 Å². The lowest BCUT2D eigenvalue weighted by atomic mass is 10.2. The Bertz CT molecular complexity index is 1240. The first-order chi connectivity index (χ1) is 15.2. The lowest BCUT2D eigenvalue weighted by Gasteiger charge is -2.36. The summed E-state index contributed by atoms with van der Waals surface area (Å²) in [6, 6.07) is 12.1. The van der Waals surface area contributed by atoms with Gasteiger partial charge in [-0.2, -0.15) is 0 Å². The van der Waals surface area contributed by atoms with Crippen LogP contribution in [0.5, 0.6) is 0 Å². The van der Waals surface area contributed by atoms with Crippen LogP contribution in [-0.4, -0.2) is 50.4 Å². The third-order valence-corrected chi connectivity index (χ3v) is 7.86. The van der Waals surface area contributed by atoms with E-state index in [2.05, 4.69) is 14.6 Å². The Kier molecular flexibility index (Phi) is 6.36. The molecule has 1 saturated heterocycles. The zero-order chi connectivity index (χ0) is 22.9. The highest BCUT2D eigenvalue weighted by molar-refractivity contribution is 7.93. The fourth-order valence-corrected chi connectivity index (χ4v) is 5.76. The minimum Gasteiger partial charge on any atom is -0.368 e. The SMILES string of the molecule is Cc1nc(NS(=O)(=O)c2ccc(F)cc2)sc1C(=O)N1CCN(c2cccc(Cl)c2)CC1. The number of piperazine rings is 1. The first-order valence-electron chi connectivity index (χ1n) is 9.78. The highest BCUT2D eigenvalue weighted by Gasteiger charge is 2.27. The highest BCUT2D eigenvalue weighted by Crippen LogP contribution is 2.27. The van der Waals surface area contributed by atoms with Crippen molar-refractivity contribution < 1.29 is 17.6 Å². The molecule has 1 aliphatic rings. The predicted molar refractivity (Wildman–Crippen MR) is 124 cm³/mol. The molecular formula is C21H20ClFN4O3S2. The van der Waals surface area contributed by atoms with E-state index in [1.54, 1.807) is 11.8 Å². The van der Waals surface area contributed by atoms with E-state index in [-0.39, 0.29) is 15.9 Å². The fraction of sp³-hybridized carbons (Fsp3) is 0.238. The zero-order valence-electron chi connectivity index (χ0n) is 17.1. The number of benzene rings is 2. The maximum Gasteiger partial charge on any atom is 0.266 e. The third-order valence-electron chi connectivity index (χ3n) is 5.08. The molecule has 2 heterocycles. The van der Waals surface area contributed by atoms with Crippen LogP contribution in [0.1, 0.15) is 15.4 Å². The average molecular weight is 495 g/mol. The van der Waals surface area contributed by atoms with E-state index in [1.807, 2.05) is 24.3 Å². The number of aryl methyl sites for hydroxylation is 1. The van der Waals surface area contributed by atoms with Crippen LogP contribution in [-0.2, 0) is 10.0 Å². The van der Waals surface area contributed by atoms with Crippen LogP contribution in [0.4, 0.5) is 15.2 Å². The number of amides is 1. The number of halogens is 2. The molecular weight excluding hydrogens is 475 g/mol. The molecule has 0 atom stereocenters. The van der Waals surface area contributed by atoms with Crippen molar-refractivity contribution in [1.29, 1.82) is 0 Å². The normalized spacial score (nSPS) is 14.5. The number of aromatic nitrogens is 1. The molecule has 0 saturated carbocycles. The molecule has 0 radical (unpaired) electrons. The van der Waals surface area contributed by atoms with Crippen molar-refractivity contribution in [2.45, 2.75) is 11.8 Å². The number of carbonyl (C=O) groups is 1. The van der Waals surface area contributed by atoms with Crippen LogP contribution in [0.2, 0.25) is 5.02 Å². The average Bonchev–Trinajstić information content (AvgIpc) is 3.13. The summed E-state index contributed by atoms with van der Waals surface area (Å²) in [6.07, 6.45) is 0. The number of nitrogens with one attached hydrogen (secondary N) is 1. The molecule has 1 amide bonds. The molecule has 4 rings (SSSR count). The lowest BCUT2D eigenvalue weighted by Crippen LogP contribution is -2.48. The molecule has 11 heteroatoms. The van der Waals surface area contributed by atoms with Crippen molar-refractivity contribution in [3.8, 4) is 0 Å². The standard InChI is InChI=1S/C21H20ClFN4O3S2/c1-14-19(31-21(24-14)25-32(29,30)18-7-5-16(23)6-8-18)20(28)27-11-9-26(10-12-27)17-4-2-3-15(22)13-17/h2-8,13H,9-12H2,1H3,(H,24,25). The Labute approximate surface area is 194 Å². The van der Waals surface area contributed by atoms with E-state index in [4.69, 9.17) is 11.6 Å². The number of carbonyl (C=O) groups excluding carboxylic acids is 1. The van der Waals surface area contributed by atoms with E-state index in [0.717, 1.165) is 29.2 Å². The molecule has 3 aromatic rings. The van der Waals surface area contributed by atoms with Crippen molar-refractivity contribution in [3.05, 3.63) is 69.9 Å². The van der Waals surface area contributed by atoms with Crippen LogP contribution in [0.3, 0.4) is 0 Å². The summed E-state index contributed by atoms with van der Waals surface area (Å²) in [4.78, 5) is 21.5. The van der Waals surface area contributed by atoms with Gasteiger partial charge in [-0.05, 0) is 49.4 Å². The number of anilines is 2. The minimum absolute atomic E-state index is 0.0863. The Morgan fingerprint density at radius 3 is 2.47 bits per heavy atom. The molecule has 1 aliphatic heterocycles. The minimum atomic E-state index is -3.94. The van der Waals surface area contributed by atoms with Gasteiger partial charge in [-0.25, -0.2) is 17.8 Å². The topological polar surface area (TPSA) is 82.6 Å². The molecule has 1 N–H and O–H groups in total. The van der Waals surface area contributed by atoms with E-state index >= 15 is 0 Å². The van der Waals surface area contributed by atoms with Crippen molar-refractivity contribution in [2.24, 2.45) is 0 Å². The molecule has 0 unspecified atom stereocenters. The van der Waals surface area contributed by atoms with Crippen LogP contribution < -0.4 is 9.62 Å². The number of thiazole rings is 1. The summed E-state index contributed by atoms with van der Waals surface area (Å²) in [5.74, 6) is -0.713. The van der Waals surface area contributed by atoms with E-state index in [0.29, 0.717) is 41.8 Å². The number of sulfonamides is 1. The van der Waals surface area contributed by atoms with Gasteiger partial charge in [0.2, 0.25) is 0 Å². The zero-order valence-corrected chi connectivity index (χ0v) is 19.5. The van der Waals surface area contributed by atoms with Gasteiger partial charge in [0.1, 0.15) is 10.7 Å². The second-order valence-electron chi connectivity index (χ2n) is 7.25. The second kappa shape index (κ2) is 9.05. The van der Waals surface area contributed by atoms with Gasteiger partial charge < -0.3 is 9.80 Å². The van der Waals surface area contributed by atoms with Gasteiger partial charge in [-0.1, -0.05) is 29.0 Å². The number of hydrogen-bond acceptors (Lipinski definition) is 6. The molecule has 0 aliphatic carbocycles. The molecule has 1 fully saturated rings. The van der Waals surface area contributed by atoms with Gasteiger partial charge in [-0.3, -0.25) is 9.52 Å². The first-order valence-corrected chi connectivity index (χ1v) is 12.5. The molecule has 0 spiro atoms. The highest BCUT2D eigenvalue weighted by atomic mass is 35.5. The van der Waals surface area contributed by atoms with Crippen molar-refractivity contribution >= 4 is 49.7 Å². The van der Waals surface area contributed by atoms with Crippen molar-refractivity contribution in [1.82, 2.24) is 9.88 Å². The maximum absolute atomic E-state index is 13.1. The molecule has 1 aromatic heterocycles. The van der Waals surface area contributed by atoms with Gasteiger partial charge in [-0.15, -0.1) is 0 Å². The summed E-state index contributed by atoms with van der Waals surface area (Å²) >= 11 is 7.06. The fourth-order valence-electron chi connectivity index (χ4n) is 3.41. The Balaban J connectivity index is 1.43. The van der Waals surface area contributed by atoms with Crippen LogP contribution in [0.25, 0.3) is 0 Å². The number of nitrogens with zero attached hydrogens (tertiary/aromatic N) is 3. The van der Waals surface area contributed by atoms with Crippen LogP contribution in [0.15, 0.2) is 53.4 Å². The monoisotopic (exact) mass is 494 g/mol. The summed E-state index contributed by atoms with van der Waals surface area (Å²) in [5, 5.41) is 0.754. The largest absolute Gasteiger partial charge is 0.368 e. The molecule has 32 heavy (non-hydrogen) atoms. The van der Waals surface area contributed by atoms with Crippen molar-refractivity contribution in [3.63, 3.8) is 0 Å². The Hall–Kier alpha value is -2.69. The van der Waals surface area contributed by atoms with Gasteiger partial charge in [0.15, 0.2) is 5.13 Å². The van der Waals surface area contributed by atoms with Gasteiger partial charge in [0.05, 0.1) is 10.6 Å². The van der Waals surface area contributed by atoms with E-state index in [9.17, 15) is 17.6 Å². The summed E-state index contributed by atoms with van der Waals surface area (Å²) in [6.45, 7) is 4.04. The molecule has 7 nitrogen and oxygen atoms in total. The quantitative estimate of drug-likeness (QED) is 0.579. The van der Waals surface area contributed by atoms with Gasteiger partial charge in [0.25, 0.3) is 15.9 Å². The van der Waals surface area contributed by atoms with Crippen molar-refractivity contribution in [2.75, 3.05) is 35.8 Å². The third kappa shape index (κ3) is 4.87. The summed E-state index contributed by atoms with van der Waals surface area (Å²) in [7, 11) is -3.94. The molecule has 168 valence electrons. The summed E-state index contributed by atoms with van der Waals surface area (Å²) in [5.41, 5.74) is 1.46. The lowest BCUT2D eigenvalue weighted by molar-refractivity contribution is 0.0750. The maximum atomic E-state index is 13.1. The Morgan fingerprint density at radius 1 is 1.12 bits per heavy atom. The molecule has 0 bridgehead atoms. The summed E-state index contributed by atoms with van der Waals surface area (Å²) < 4.78 is 40.5. The van der Waals surface area contributed by atoms with E-state index in [1.165, 1.54) is 12.1 Å². The number of hydrogen-bond donors (Lipinski definition) is 1. The van der Waals surface area contributed by atoms with Gasteiger partial charge >= 0.3 is 0 Å². The second-order valence-corrected chi connectivity index (χ2v) is 10.4. The first kappa shape index (κ1) is 22.5. The Morgan fingerprint density at radius 2 is 1.81 bits per heavy atom. The predicted octanol–water partition coefficient (Wildman–Crippen LogP) is 4.01. The van der Waals surface area contributed by atoms with E-state index < -0.39 is 15.8 Å². The molecule has 2 aromatic carbocycles. The van der Waals surface area contributed by atoms with Crippen LogP contribution >= 0.6 is 22.9 Å². The van der Waals surface area contributed by atoms with Crippen LogP contribution in [0, 0.1) is 12.7 Å².